The standard InChI is InChI=1S/C9H15BF2O2/c1-3-5-6-7(8(6)10(11)12)9(13)14-4-2/h6-8H,3-5H2,1-2H3/t6?,7-,8?/m0/s1. The number of carbonyl (C=O) groups excluding carboxylic acids is 1. The molecular formula is C9H15BF2O2. The first kappa shape index (κ1) is 11.5. The second-order valence-corrected chi connectivity index (χ2v) is 3.64. The highest BCUT2D eigenvalue weighted by Crippen LogP contribution is 2.57. The Morgan fingerprint density at radius 1 is 1.43 bits per heavy atom. The molecule has 80 valence electrons. The Kier molecular flexibility index (Phi) is 3.90. The van der Waals surface area contributed by atoms with Gasteiger partial charge in [0, 0.05) is 5.82 Å². The number of ether oxygens (including phenoxy) is 1. The van der Waals surface area contributed by atoms with Crippen molar-refractivity contribution in [3.8, 4) is 0 Å². The van der Waals surface area contributed by atoms with Crippen molar-refractivity contribution >= 4 is 13.2 Å². The monoisotopic (exact) mass is 204 g/mol. The van der Waals surface area contributed by atoms with Gasteiger partial charge in [-0.1, -0.05) is 19.8 Å². The van der Waals surface area contributed by atoms with E-state index in [0.717, 1.165) is 6.42 Å². The predicted octanol–water partition coefficient (Wildman–Crippen LogP) is 2.39. The predicted molar refractivity (Wildman–Crippen MR) is 50.2 cm³/mol. The summed E-state index contributed by atoms with van der Waals surface area (Å²) in [7, 11) is -2.39. The Morgan fingerprint density at radius 2 is 2.07 bits per heavy atom. The lowest BCUT2D eigenvalue weighted by Gasteiger charge is -1.99. The SMILES string of the molecule is CCCC1C(B(F)F)[C@H]1C(=O)OCC. The van der Waals surface area contributed by atoms with E-state index in [1.807, 2.05) is 6.92 Å². The Morgan fingerprint density at radius 3 is 2.50 bits per heavy atom. The molecule has 0 heterocycles. The summed E-state index contributed by atoms with van der Waals surface area (Å²) >= 11 is 0. The summed E-state index contributed by atoms with van der Waals surface area (Å²) in [5.41, 5.74) is 0. The molecule has 5 heteroatoms. The van der Waals surface area contributed by atoms with Gasteiger partial charge in [0.2, 0.25) is 0 Å². The number of rotatable bonds is 5. The molecule has 1 aliphatic carbocycles. The quantitative estimate of drug-likeness (QED) is 0.507. The number of hydrogen-bond acceptors (Lipinski definition) is 2. The first-order valence-electron chi connectivity index (χ1n) is 5.08. The van der Waals surface area contributed by atoms with Crippen LogP contribution in [0.5, 0.6) is 0 Å². The first-order valence-corrected chi connectivity index (χ1v) is 5.08. The summed E-state index contributed by atoms with van der Waals surface area (Å²) in [5.74, 6) is -1.90. The minimum atomic E-state index is -2.39. The molecule has 0 aromatic carbocycles. The molecule has 0 spiro atoms. The average molecular weight is 204 g/mol. The molecule has 0 aliphatic heterocycles. The van der Waals surface area contributed by atoms with Crippen LogP contribution in [-0.4, -0.2) is 19.8 Å². The van der Waals surface area contributed by atoms with Crippen LogP contribution in [0.1, 0.15) is 26.7 Å². The van der Waals surface area contributed by atoms with Crippen molar-refractivity contribution < 1.29 is 18.2 Å². The van der Waals surface area contributed by atoms with Crippen molar-refractivity contribution in [3.05, 3.63) is 0 Å². The van der Waals surface area contributed by atoms with Crippen molar-refractivity contribution in [2.45, 2.75) is 32.5 Å². The van der Waals surface area contributed by atoms with E-state index in [4.69, 9.17) is 4.74 Å². The summed E-state index contributed by atoms with van der Waals surface area (Å²) in [6.45, 7) is 3.89. The summed E-state index contributed by atoms with van der Waals surface area (Å²) in [5, 5.41) is 0. The highest BCUT2D eigenvalue weighted by atomic mass is 19.2. The Balaban J connectivity index is 2.48. The van der Waals surface area contributed by atoms with Crippen LogP contribution in [0.3, 0.4) is 0 Å². The third kappa shape index (κ3) is 2.25. The molecule has 0 radical (unpaired) electrons. The second-order valence-electron chi connectivity index (χ2n) is 3.64. The molecule has 0 aromatic rings. The summed E-state index contributed by atoms with van der Waals surface area (Å²) < 4.78 is 29.6. The van der Waals surface area contributed by atoms with Gasteiger partial charge in [-0.2, -0.15) is 0 Å². The Bertz CT molecular complexity index is 211. The van der Waals surface area contributed by atoms with Crippen molar-refractivity contribution in [1.82, 2.24) is 0 Å². The third-order valence-corrected chi connectivity index (χ3v) is 2.70. The van der Waals surface area contributed by atoms with E-state index in [2.05, 4.69) is 0 Å². The lowest BCUT2D eigenvalue weighted by Crippen LogP contribution is -2.10. The Hall–Kier alpha value is -0.605. The molecule has 0 aromatic heterocycles. The summed E-state index contributed by atoms with van der Waals surface area (Å²) in [6.07, 6.45) is 1.53. The fraction of sp³-hybridized carbons (Fsp3) is 0.889. The van der Waals surface area contributed by atoms with E-state index in [0.29, 0.717) is 6.42 Å². The van der Waals surface area contributed by atoms with Gasteiger partial charge >= 0.3 is 13.2 Å². The maximum absolute atomic E-state index is 12.4. The number of esters is 1. The first-order chi connectivity index (χ1) is 6.63. The van der Waals surface area contributed by atoms with Gasteiger partial charge in [0.1, 0.15) is 0 Å². The van der Waals surface area contributed by atoms with Crippen molar-refractivity contribution in [2.75, 3.05) is 6.61 Å². The third-order valence-electron chi connectivity index (χ3n) is 2.70. The molecule has 14 heavy (non-hydrogen) atoms. The molecule has 2 nitrogen and oxygen atoms in total. The van der Waals surface area contributed by atoms with Crippen LogP contribution >= 0.6 is 0 Å². The van der Waals surface area contributed by atoms with Crippen LogP contribution in [0.4, 0.5) is 8.63 Å². The molecule has 1 aliphatic rings. The van der Waals surface area contributed by atoms with E-state index in [1.54, 1.807) is 6.92 Å². The van der Waals surface area contributed by atoms with Crippen molar-refractivity contribution in [2.24, 2.45) is 11.8 Å². The number of halogens is 2. The van der Waals surface area contributed by atoms with Crippen LogP contribution in [0.2, 0.25) is 5.82 Å². The number of hydrogen-bond donors (Lipinski definition) is 0. The molecule has 2 unspecified atom stereocenters. The molecule has 0 saturated heterocycles. The molecule has 0 N–H and O–H groups in total. The summed E-state index contributed by atoms with van der Waals surface area (Å²) in [4.78, 5) is 11.2. The maximum Gasteiger partial charge on any atom is 0.542 e. The maximum atomic E-state index is 12.4. The topological polar surface area (TPSA) is 26.3 Å². The summed E-state index contributed by atoms with van der Waals surface area (Å²) in [6, 6.07) is 0. The van der Waals surface area contributed by atoms with E-state index >= 15 is 0 Å². The van der Waals surface area contributed by atoms with Crippen LogP contribution in [0, 0.1) is 11.8 Å². The zero-order chi connectivity index (χ0) is 10.7. The lowest BCUT2D eigenvalue weighted by molar-refractivity contribution is -0.145. The van der Waals surface area contributed by atoms with E-state index in [9.17, 15) is 13.4 Å². The zero-order valence-electron chi connectivity index (χ0n) is 8.50. The molecular weight excluding hydrogens is 189 g/mol. The number of carbonyl (C=O) groups is 1. The van der Waals surface area contributed by atoms with E-state index in [-0.39, 0.29) is 12.5 Å². The van der Waals surface area contributed by atoms with Gasteiger partial charge in [0.25, 0.3) is 0 Å². The molecule has 3 atom stereocenters. The minimum absolute atomic E-state index is 0.154. The highest BCUT2D eigenvalue weighted by Gasteiger charge is 2.61. The largest absolute Gasteiger partial charge is 0.542 e. The fourth-order valence-corrected chi connectivity index (χ4v) is 2.02. The van der Waals surface area contributed by atoms with E-state index < -0.39 is 25.0 Å². The van der Waals surface area contributed by atoms with Gasteiger partial charge < -0.3 is 4.74 Å². The van der Waals surface area contributed by atoms with Crippen LogP contribution in [0.25, 0.3) is 0 Å². The lowest BCUT2D eigenvalue weighted by atomic mass is 9.86. The van der Waals surface area contributed by atoms with Crippen LogP contribution in [0.15, 0.2) is 0 Å². The van der Waals surface area contributed by atoms with Crippen molar-refractivity contribution in [1.29, 1.82) is 0 Å². The van der Waals surface area contributed by atoms with Gasteiger partial charge in [-0.25, -0.2) is 0 Å². The van der Waals surface area contributed by atoms with Gasteiger partial charge in [0.05, 0.1) is 12.5 Å². The molecule has 1 saturated carbocycles. The van der Waals surface area contributed by atoms with E-state index in [1.165, 1.54) is 0 Å². The minimum Gasteiger partial charge on any atom is -0.466 e. The average Bonchev–Trinajstić information content (AvgIpc) is 2.80. The normalized spacial score (nSPS) is 29.9. The van der Waals surface area contributed by atoms with Gasteiger partial charge in [0.15, 0.2) is 0 Å². The van der Waals surface area contributed by atoms with Crippen LogP contribution in [-0.2, 0) is 9.53 Å². The van der Waals surface area contributed by atoms with Crippen LogP contribution < -0.4 is 0 Å². The Labute approximate surface area is 83.2 Å². The van der Waals surface area contributed by atoms with Gasteiger partial charge in [-0.05, 0) is 12.8 Å². The molecule has 0 bridgehead atoms. The fourth-order valence-electron chi connectivity index (χ4n) is 2.02. The van der Waals surface area contributed by atoms with Crippen molar-refractivity contribution in [3.63, 3.8) is 0 Å². The molecule has 0 amide bonds. The second kappa shape index (κ2) is 4.76. The highest BCUT2D eigenvalue weighted by molar-refractivity contribution is 6.47. The van der Waals surface area contributed by atoms with Gasteiger partial charge in [-0.3, -0.25) is 13.4 Å². The molecule has 1 fully saturated rings. The zero-order valence-corrected chi connectivity index (χ0v) is 8.50. The van der Waals surface area contributed by atoms with Gasteiger partial charge in [-0.15, -0.1) is 0 Å². The molecule has 1 rings (SSSR count). The smallest absolute Gasteiger partial charge is 0.466 e.